The van der Waals surface area contributed by atoms with E-state index < -0.39 is 5.97 Å². The van der Waals surface area contributed by atoms with Crippen molar-refractivity contribution in [2.45, 2.75) is 38.6 Å². The molecule has 3 atom stereocenters. The molecule has 2 rings (SSSR count). The zero-order valence-corrected chi connectivity index (χ0v) is 13.4. The van der Waals surface area contributed by atoms with Crippen molar-refractivity contribution in [2.24, 2.45) is 11.8 Å². The first-order valence-electron chi connectivity index (χ1n) is 7.29. The van der Waals surface area contributed by atoms with E-state index in [2.05, 4.69) is 40.3 Å². The van der Waals surface area contributed by atoms with Crippen LogP contribution in [0.15, 0.2) is 28.7 Å². The lowest BCUT2D eigenvalue weighted by molar-refractivity contribution is -0.144. The zero-order valence-electron chi connectivity index (χ0n) is 11.8. The second-order valence-electron chi connectivity index (χ2n) is 5.67. The average Bonchev–Trinajstić information content (AvgIpc) is 2.45. The minimum Gasteiger partial charge on any atom is -0.481 e. The van der Waals surface area contributed by atoms with Crippen molar-refractivity contribution in [1.82, 2.24) is 5.32 Å². The Morgan fingerprint density at radius 1 is 1.35 bits per heavy atom. The van der Waals surface area contributed by atoms with Gasteiger partial charge in [-0.15, -0.1) is 0 Å². The molecule has 3 unspecified atom stereocenters. The van der Waals surface area contributed by atoms with Gasteiger partial charge in [-0.3, -0.25) is 4.79 Å². The van der Waals surface area contributed by atoms with Gasteiger partial charge in [0.05, 0.1) is 5.92 Å². The van der Waals surface area contributed by atoms with Crippen LogP contribution in [-0.2, 0) is 4.79 Å². The van der Waals surface area contributed by atoms with Crippen LogP contribution in [0.5, 0.6) is 0 Å². The summed E-state index contributed by atoms with van der Waals surface area (Å²) in [5.41, 5.74) is 1.23. The predicted octanol–water partition coefficient (Wildman–Crippen LogP) is 3.99. The molecule has 1 aliphatic rings. The van der Waals surface area contributed by atoms with E-state index in [0.29, 0.717) is 0 Å². The molecule has 3 nitrogen and oxygen atoms in total. The lowest BCUT2D eigenvalue weighted by atomic mass is 9.79. The van der Waals surface area contributed by atoms with Gasteiger partial charge in [0.15, 0.2) is 0 Å². The van der Waals surface area contributed by atoms with E-state index in [4.69, 9.17) is 0 Å². The van der Waals surface area contributed by atoms with Crippen LogP contribution in [0.1, 0.15) is 44.2 Å². The molecule has 0 spiro atoms. The summed E-state index contributed by atoms with van der Waals surface area (Å²) in [6.07, 6.45) is 4.06. The molecule has 1 aromatic rings. The van der Waals surface area contributed by atoms with Crippen molar-refractivity contribution in [3.63, 3.8) is 0 Å². The summed E-state index contributed by atoms with van der Waals surface area (Å²) in [4.78, 5) is 11.3. The maximum absolute atomic E-state index is 11.3. The van der Waals surface area contributed by atoms with Gasteiger partial charge in [0, 0.05) is 10.5 Å². The highest BCUT2D eigenvalue weighted by atomic mass is 79.9. The minimum absolute atomic E-state index is 0.173. The largest absolute Gasteiger partial charge is 0.481 e. The van der Waals surface area contributed by atoms with Crippen LogP contribution >= 0.6 is 15.9 Å². The molecule has 20 heavy (non-hydrogen) atoms. The van der Waals surface area contributed by atoms with Crippen LogP contribution in [0.25, 0.3) is 0 Å². The van der Waals surface area contributed by atoms with Gasteiger partial charge in [0.25, 0.3) is 0 Å². The molecule has 1 saturated carbocycles. The van der Waals surface area contributed by atoms with Crippen molar-refractivity contribution in [3.8, 4) is 0 Å². The Labute approximate surface area is 128 Å². The second-order valence-corrected chi connectivity index (χ2v) is 6.59. The molecule has 2 N–H and O–H groups in total. The van der Waals surface area contributed by atoms with Gasteiger partial charge < -0.3 is 10.4 Å². The fourth-order valence-electron chi connectivity index (χ4n) is 2.97. The topological polar surface area (TPSA) is 49.3 Å². The van der Waals surface area contributed by atoms with Crippen LogP contribution in [0.4, 0.5) is 0 Å². The van der Waals surface area contributed by atoms with Crippen molar-refractivity contribution < 1.29 is 9.90 Å². The molecule has 0 aliphatic heterocycles. The third-order valence-electron chi connectivity index (χ3n) is 4.28. The molecule has 1 aliphatic carbocycles. The molecule has 0 radical (unpaired) electrons. The van der Waals surface area contributed by atoms with Gasteiger partial charge in [-0.25, -0.2) is 0 Å². The predicted molar refractivity (Wildman–Crippen MR) is 83.6 cm³/mol. The normalized spacial score (nSPS) is 24.3. The number of halogens is 1. The van der Waals surface area contributed by atoms with Gasteiger partial charge in [-0.1, -0.05) is 40.9 Å². The Kier molecular flexibility index (Phi) is 5.61. The van der Waals surface area contributed by atoms with E-state index in [-0.39, 0.29) is 17.9 Å². The monoisotopic (exact) mass is 339 g/mol. The number of carboxylic acid groups (broad SMARTS) is 1. The Bertz CT molecular complexity index is 446. The first-order chi connectivity index (χ1) is 9.58. The third kappa shape index (κ3) is 4.06. The molecule has 0 saturated heterocycles. The van der Waals surface area contributed by atoms with Crippen LogP contribution in [0.2, 0.25) is 0 Å². The summed E-state index contributed by atoms with van der Waals surface area (Å²) >= 11 is 3.43. The number of rotatable bonds is 5. The highest BCUT2D eigenvalue weighted by Crippen LogP contribution is 2.30. The van der Waals surface area contributed by atoms with Crippen LogP contribution in [-0.4, -0.2) is 17.6 Å². The summed E-state index contributed by atoms with van der Waals surface area (Å²) in [6.45, 7) is 2.91. The Hall–Kier alpha value is -0.870. The maximum Gasteiger partial charge on any atom is 0.306 e. The molecule has 1 aromatic carbocycles. The highest BCUT2D eigenvalue weighted by molar-refractivity contribution is 9.10. The first kappa shape index (κ1) is 15.5. The molecule has 1 fully saturated rings. The Balaban J connectivity index is 1.90. The van der Waals surface area contributed by atoms with Gasteiger partial charge in [0.2, 0.25) is 0 Å². The minimum atomic E-state index is -0.632. The molecule has 110 valence electrons. The van der Waals surface area contributed by atoms with E-state index in [0.717, 1.165) is 36.7 Å². The maximum atomic E-state index is 11.3. The molecule has 4 heteroatoms. The van der Waals surface area contributed by atoms with Crippen molar-refractivity contribution in [2.75, 3.05) is 6.54 Å². The average molecular weight is 340 g/mol. The fraction of sp³-hybridized carbons (Fsp3) is 0.562. The van der Waals surface area contributed by atoms with Crippen molar-refractivity contribution in [3.05, 3.63) is 34.3 Å². The lowest BCUT2D eigenvalue weighted by Crippen LogP contribution is -2.35. The van der Waals surface area contributed by atoms with Gasteiger partial charge >= 0.3 is 5.97 Å². The smallest absolute Gasteiger partial charge is 0.306 e. The second kappa shape index (κ2) is 7.23. The Morgan fingerprint density at radius 3 is 2.65 bits per heavy atom. The number of carboxylic acids is 1. The van der Waals surface area contributed by atoms with Crippen LogP contribution in [0, 0.1) is 11.8 Å². The molecule has 0 heterocycles. The number of benzene rings is 1. The number of aliphatic carboxylic acids is 1. The standard InChI is InChI=1S/C16H22BrNO2/c1-11(12-6-8-14(17)9-7-12)18-10-13-4-2-3-5-15(13)16(19)20/h6-9,11,13,15,18H,2-5,10H2,1H3,(H,19,20). The van der Waals surface area contributed by atoms with E-state index in [1.807, 2.05) is 12.1 Å². The summed E-state index contributed by atoms with van der Waals surface area (Å²) in [6, 6.07) is 8.51. The van der Waals surface area contributed by atoms with E-state index in [9.17, 15) is 9.90 Å². The lowest BCUT2D eigenvalue weighted by Gasteiger charge is -2.30. The Morgan fingerprint density at radius 2 is 2.00 bits per heavy atom. The molecule has 0 bridgehead atoms. The van der Waals surface area contributed by atoms with Crippen molar-refractivity contribution >= 4 is 21.9 Å². The first-order valence-corrected chi connectivity index (χ1v) is 8.09. The summed E-state index contributed by atoms with van der Waals surface area (Å²) in [5, 5.41) is 12.8. The number of hydrogen-bond donors (Lipinski definition) is 2. The third-order valence-corrected chi connectivity index (χ3v) is 4.81. The van der Waals surface area contributed by atoms with Gasteiger partial charge in [-0.2, -0.15) is 0 Å². The molecular formula is C16H22BrNO2. The quantitative estimate of drug-likeness (QED) is 0.852. The van der Waals surface area contributed by atoms with Crippen LogP contribution < -0.4 is 5.32 Å². The number of hydrogen-bond acceptors (Lipinski definition) is 2. The van der Waals surface area contributed by atoms with Gasteiger partial charge in [0.1, 0.15) is 0 Å². The highest BCUT2D eigenvalue weighted by Gasteiger charge is 2.30. The summed E-state index contributed by atoms with van der Waals surface area (Å²) in [5.74, 6) is -0.541. The number of nitrogens with one attached hydrogen (secondary N) is 1. The van der Waals surface area contributed by atoms with E-state index in [1.54, 1.807) is 0 Å². The SMILES string of the molecule is CC(NCC1CCCCC1C(=O)O)c1ccc(Br)cc1. The summed E-state index contributed by atoms with van der Waals surface area (Å²) in [7, 11) is 0. The molecule has 0 amide bonds. The zero-order chi connectivity index (χ0) is 14.5. The van der Waals surface area contributed by atoms with Gasteiger partial charge in [-0.05, 0) is 49.9 Å². The summed E-state index contributed by atoms with van der Waals surface area (Å²) < 4.78 is 1.08. The molecular weight excluding hydrogens is 318 g/mol. The van der Waals surface area contributed by atoms with Crippen molar-refractivity contribution in [1.29, 1.82) is 0 Å². The molecule has 0 aromatic heterocycles. The van der Waals surface area contributed by atoms with E-state index in [1.165, 1.54) is 5.56 Å². The van der Waals surface area contributed by atoms with Crippen LogP contribution in [0.3, 0.4) is 0 Å². The number of carbonyl (C=O) groups is 1. The van der Waals surface area contributed by atoms with E-state index >= 15 is 0 Å². The fourth-order valence-corrected chi connectivity index (χ4v) is 3.24.